The lowest BCUT2D eigenvalue weighted by Gasteiger charge is -2.27. The molecule has 2 saturated heterocycles. The van der Waals surface area contributed by atoms with E-state index in [2.05, 4.69) is 5.32 Å². The molecule has 0 bridgehead atoms. The summed E-state index contributed by atoms with van der Waals surface area (Å²) in [5.41, 5.74) is 0. The molecule has 0 aromatic heterocycles. The Morgan fingerprint density at radius 3 is 2.62 bits per heavy atom. The maximum absolute atomic E-state index is 12.0. The van der Waals surface area contributed by atoms with Gasteiger partial charge in [-0.05, 0) is 25.8 Å². The van der Waals surface area contributed by atoms with Crippen LogP contribution in [0.15, 0.2) is 0 Å². The van der Waals surface area contributed by atoms with Crippen molar-refractivity contribution >= 4 is 11.9 Å². The van der Waals surface area contributed by atoms with Crippen molar-refractivity contribution in [2.75, 3.05) is 19.6 Å². The van der Waals surface area contributed by atoms with Crippen LogP contribution in [0.3, 0.4) is 0 Å². The molecule has 0 aromatic carbocycles. The Morgan fingerprint density at radius 2 is 2.06 bits per heavy atom. The van der Waals surface area contributed by atoms with Gasteiger partial charge in [0.15, 0.2) is 0 Å². The van der Waals surface area contributed by atoms with Crippen molar-refractivity contribution in [1.29, 1.82) is 0 Å². The molecule has 2 N–H and O–H groups in total. The van der Waals surface area contributed by atoms with Crippen molar-refractivity contribution in [3.05, 3.63) is 0 Å². The lowest BCUT2D eigenvalue weighted by Crippen LogP contribution is -2.48. The first-order valence-corrected chi connectivity index (χ1v) is 5.93. The average Bonchev–Trinajstić information content (AvgIpc) is 2.78. The number of piperidine rings is 1. The first-order chi connectivity index (χ1) is 7.68. The summed E-state index contributed by atoms with van der Waals surface area (Å²) in [5, 5.41) is 12.1. The summed E-state index contributed by atoms with van der Waals surface area (Å²) >= 11 is 0. The summed E-state index contributed by atoms with van der Waals surface area (Å²) in [6.07, 6.45) is 3.68. The van der Waals surface area contributed by atoms with Gasteiger partial charge in [0.1, 0.15) is 0 Å². The van der Waals surface area contributed by atoms with Crippen LogP contribution in [0.4, 0.5) is 0 Å². The monoisotopic (exact) mass is 226 g/mol. The zero-order chi connectivity index (χ0) is 11.5. The van der Waals surface area contributed by atoms with E-state index >= 15 is 0 Å². The first kappa shape index (κ1) is 11.4. The number of carboxylic acid groups (broad SMARTS) is 1. The fourth-order valence-corrected chi connectivity index (χ4v) is 2.45. The highest BCUT2D eigenvalue weighted by Gasteiger charge is 2.34. The number of amides is 1. The number of hydrogen-bond donors (Lipinski definition) is 2. The van der Waals surface area contributed by atoms with Crippen molar-refractivity contribution in [3.63, 3.8) is 0 Å². The van der Waals surface area contributed by atoms with Gasteiger partial charge >= 0.3 is 5.97 Å². The Hall–Kier alpha value is -1.10. The first-order valence-electron chi connectivity index (χ1n) is 5.93. The van der Waals surface area contributed by atoms with Gasteiger partial charge < -0.3 is 15.3 Å². The van der Waals surface area contributed by atoms with Gasteiger partial charge in [-0.2, -0.15) is 0 Å². The molecule has 90 valence electrons. The summed E-state index contributed by atoms with van der Waals surface area (Å²) in [4.78, 5) is 24.5. The normalized spacial score (nSPS) is 30.4. The number of carbonyl (C=O) groups is 2. The van der Waals surface area contributed by atoms with Crippen molar-refractivity contribution in [2.45, 2.75) is 31.7 Å². The van der Waals surface area contributed by atoms with Crippen LogP contribution in [0.5, 0.6) is 0 Å². The third-order valence-electron chi connectivity index (χ3n) is 3.46. The number of nitrogens with zero attached hydrogens (tertiary/aromatic N) is 1. The van der Waals surface area contributed by atoms with Crippen LogP contribution in [-0.2, 0) is 9.59 Å². The minimum Gasteiger partial charge on any atom is -0.481 e. The summed E-state index contributed by atoms with van der Waals surface area (Å²) in [6, 6.07) is -0.0821. The highest BCUT2D eigenvalue weighted by Crippen LogP contribution is 2.19. The van der Waals surface area contributed by atoms with Gasteiger partial charge in [-0.25, -0.2) is 0 Å². The van der Waals surface area contributed by atoms with E-state index < -0.39 is 5.97 Å². The van der Waals surface area contributed by atoms with E-state index in [9.17, 15) is 9.59 Å². The molecule has 5 heteroatoms. The second-order valence-corrected chi connectivity index (χ2v) is 4.61. The Morgan fingerprint density at radius 1 is 1.25 bits per heavy atom. The minimum absolute atomic E-state index is 0.0821. The van der Waals surface area contributed by atoms with Crippen LogP contribution in [0.1, 0.15) is 25.7 Å². The van der Waals surface area contributed by atoms with Crippen LogP contribution in [-0.4, -0.2) is 47.6 Å². The molecule has 1 amide bonds. The highest BCUT2D eigenvalue weighted by molar-refractivity contribution is 5.83. The van der Waals surface area contributed by atoms with Crippen LogP contribution in [0, 0.1) is 5.92 Å². The predicted molar refractivity (Wildman–Crippen MR) is 58.0 cm³/mol. The number of likely N-dealkylation sites (tertiary alicyclic amines) is 1. The number of aliphatic carboxylic acids is 1. The average molecular weight is 226 g/mol. The molecule has 2 aliphatic rings. The maximum Gasteiger partial charge on any atom is 0.308 e. The van der Waals surface area contributed by atoms with Crippen LogP contribution in [0.25, 0.3) is 0 Å². The molecule has 0 spiro atoms. The van der Waals surface area contributed by atoms with Crippen LogP contribution < -0.4 is 5.32 Å². The van der Waals surface area contributed by atoms with Gasteiger partial charge in [-0.1, -0.05) is 6.42 Å². The number of nitrogens with one attached hydrogen (secondary N) is 1. The minimum atomic E-state index is -0.785. The molecule has 5 nitrogen and oxygen atoms in total. The Balaban J connectivity index is 1.88. The van der Waals surface area contributed by atoms with Gasteiger partial charge in [-0.3, -0.25) is 9.59 Å². The van der Waals surface area contributed by atoms with E-state index in [4.69, 9.17) is 5.11 Å². The standard InChI is InChI=1S/C11H18N2O3/c14-10(9-3-1-2-5-12-9)13-6-4-8(7-13)11(15)16/h8-9,12H,1-7H2,(H,15,16)/t8?,9-/m0/s1. The van der Waals surface area contributed by atoms with Crippen molar-refractivity contribution < 1.29 is 14.7 Å². The number of carbonyl (C=O) groups excluding carboxylic acids is 1. The molecule has 0 radical (unpaired) electrons. The summed E-state index contributed by atoms with van der Waals surface area (Å²) in [5.74, 6) is -1.07. The van der Waals surface area contributed by atoms with Crippen molar-refractivity contribution in [3.8, 4) is 0 Å². The van der Waals surface area contributed by atoms with Gasteiger partial charge in [-0.15, -0.1) is 0 Å². The SMILES string of the molecule is O=C(O)C1CCN(C(=O)[C@@H]2CCCCN2)C1. The zero-order valence-corrected chi connectivity index (χ0v) is 9.32. The summed E-state index contributed by atoms with van der Waals surface area (Å²) < 4.78 is 0. The lowest BCUT2D eigenvalue weighted by atomic mass is 10.0. The van der Waals surface area contributed by atoms with Crippen molar-refractivity contribution in [1.82, 2.24) is 10.2 Å². The molecule has 2 atom stereocenters. The number of hydrogen-bond acceptors (Lipinski definition) is 3. The van der Waals surface area contributed by atoms with E-state index in [1.807, 2.05) is 0 Å². The van der Waals surface area contributed by atoms with Gasteiger partial charge in [0.25, 0.3) is 0 Å². The second kappa shape index (κ2) is 4.82. The molecular weight excluding hydrogens is 208 g/mol. The van der Waals surface area contributed by atoms with Gasteiger partial charge in [0.05, 0.1) is 12.0 Å². The summed E-state index contributed by atoms with van der Waals surface area (Å²) in [7, 11) is 0. The Bertz CT molecular complexity index is 287. The molecule has 2 aliphatic heterocycles. The van der Waals surface area contributed by atoms with E-state index in [1.54, 1.807) is 4.90 Å². The molecular formula is C11H18N2O3. The van der Waals surface area contributed by atoms with Crippen LogP contribution >= 0.6 is 0 Å². The summed E-state index contributed by atoms with van der Waals surface area (Å²) in [6.45, 7) is 1.87. The molecule has 0 aliphatic carbocycles. The topological polar surface area (TPSA) is 69.6 Å². The largest absolute Gasteiger partial charge is 0.481 e. The van der Waals surface area contributed by atoms with E-state index in [0.717, 1.165) is 25.8 Å². The smallest absolute Gasteiger partial charge is 0.308 e. The molecule has 0 saturated carbocycles. The Kier molecular flexibility index (Phi) is 3.43. The fraction of sp³-hybridized carbons (Fsp3) is 0.818. The second-order valence-electron chi connectivity index (χ2n) is 4.61. The number of rotatable bonds is 2. The van der Waals surface area contributed by atoms with E-state index in [1.165, 1.54) is 0 Å². The molecule has 1 unspecified atom stereocenters. The Labute approximate surface area is 94.8 Å². The molecule has 2 fully saturated rings. The van der Waals surface area contributed by atoms with Crippen LogP contribution in [0.2, 0.25) is 0 Å². The lowest BCUT2D eigenvalue weighted by molar-refractivity contribution is -0.141. The van der Waals surface area contributed by atoms with E-state index in [0.29, 0.717) is 19.5 Å². The molecule has 2 heterocycles. The molecule has 16 heavy (non-hydrogen) atoms. The quantitative estimate of drug-likeness (QED) is 0.698. The molecule has 2 rings (SSSR count). The zero-order valence-electron chi connectivity index (χ0n) is 9.32. The predicted octanol–water partition coefficient (Wildman–Crippen LogP) is 0.0616. The molecule has 0 aromatic rings. The van der Waals surface area contributed by atoms with Gasteiger partial charge in [0.2, 0.25) is 5.91 Å². The van der Waals surface area contributed by atoms with E-state index in [-0.39, 0.29) is 17.9 Å². The fourth-order valence-electron chi connectivity index (χ4n) is 2.45. The number of carboxylic acids is 1. The van der Waals surface area contributed by atoms with Gasteiger partial charge in [0, 0.05) is 13.1 Å². The third kappa shape index (κ3) is 2.35. The van der Waals surface area contributed by atoms with Crippen molar-refractivity contribution in [2.24, 2.45) is 5.92 Å². The third-order valence-corrected chi connectivity index (χ3v) is 3.46. The highest BCUT2D eigenvalue weighted by atomic mass is 16.4. The maximum atomic E-state index is 12.0.